The van der Waals surface area contributed by atoms with E-state index in [1.165, 1.54) is 12.3 Å². The monoisotopic (exact) mass is 234 g/mol. The number of amides is 1. The third kappa shape index (κ3) is 2.47. The molecule has 0 aliphatic rings. The molecule has 2 aromatic heterocycles. The molecule has 0 saturated heterocycles. The number of nitrogens with zero attached hydrogens (tertiary/aromatic N) is 3. The Hall–Kier alpha value is -2.24. The second-order valence-corrected chi connectivity index (χ2v) is 3.68. The molecule has 0 spiro atoms. The van der Waals surface area contributed by atoms with E-state index in [1.807, 2.05) is 0 Å². The van der Waals surface area contributed by atoms with Crippen molar-refractivity contribution in [1.82, 2.24) is 14.8 Å². The zero-order chi connectivity index (χ0) is 12.4. The van der Waals surface area contributed by atoms with Crippen LogP contribution < -0.4 is 5.32 Å². The maximum Gasteiger partial charge on any atom is 0.274 e. The van der Waals surface area contributed by atoms with Gasteiger partial charge in [-0.2, -0.15) is 5.10 Å². The molecule has 0 radical (unpaired) electrons. The lowest BCUT2D eigenvalue weighted by Crippen LogP contribution is -2.13. The first kappa shape index (κ1) is 11.3. The number of anilines is 1. The Balaban J connectivity index is 2.17. The average molecular weight is 234 g/mol. The number of halogens is 1. The third-order valence-electron chi connectivity index (χ3n) is 2.24. The lowest BCUT2D eigenvalue weighted by atomic mass is 10.2. The quantitative estimate of drug-likeness (QED) is 0.856. The van der Waals surface area contributed by atoms with Gasteiger partial charge < -0.3 is 5.32 Å². The average Bonchev–Trinajstić information content (AvgIpc) is 2.68. The molecule has 0 fully saturated rings. The molecule has 0 unspecified atom stereocenters. The Morgan fingerprint density at radius 2 is 2.24 bits per heavy atom. The number of nitrogens with one attached hydrogen (secondary N) is 1. The van der Waals surface area contributed by atoms with E-state index >= 15 is 0 Å². The largest absolute Gasteiger partial charge is 0.318 e. The van der Waals surface area contributed by atoms with Crippen LogP contribution in [0.4, 0.5) is 10.1 Å². The van der Waals surface area contributed by atoms with Gasteiger partial charge in [0.25, 0.3) is 5.91 Å². The minimum Gasteiger partial charge on any atom is -0.318 e. The van der Waals surface area contributed by atoms with Crippen molar-refractivity contribution in [3.63, 3.8) is 0 Å². The van der Waals surface area contributed by atoms with Crippen molar-refractivity contribution in [2.24, 2.45) is 7.05 Å². The molecular formula is C11H11FN4O. The summed E-state index contributed by atoms with van der Waals surface area (Å²) in [6.07, 6.45) is 4.22. The summed E-state index contributed by atoms with van der Waals surface area (Å²) in [5.74, 6) is -0.816. The van der Waals surface area contributed by atoms with Gasteiger partial charge in [0.05, 0.1) is 18.1 Å². The number of aromatic nitrogens is 3. The molecule has 88 valence electrons. The highest BCUT2D eigenvalue weighted by molar-refractivity contribution is 6.02. The first-order valence-electron chi connectivity index (χ1n) is 4.98. The number of carbonyl (C=O) groups excluding carboxylic acids is 1. The van der Waals surface area contributed by atoms with Crippen LogP contribution in [0.2, 0.25) is 0 Å². The molecule has 6 heteroatoms. The molecular weight excluding hydrogens is 223 g/mol. The van der Waals surface area contributed by atoms with Crippen molar-refractivity contribution in [1.29, 1.82) is 0 Å². The molecule has 5 nitrogen and oxygen atoms in total. The van der Waals surface area contributed by atoms with Gasteiger partial charge in [0, 0.05) is 13.2 Å². The minimum atomic E-state index is -0.428. The lowest BCUT2D eigenvalue weighted by molar-refractivity contribution is 0.102. The Morgan fingerprint density at radius 3 is 2.82 bits per heavy atom. The first-order chi connectivity index (χ1) is 8.06. The molecule has 0 aromatic carbocycles. The van der Waals surface area contributed by atoms with Crippen molar-refractivity contribution < 1.29 is 9.18 Å². The minimum absolute atomic E-state index is 0.174. The van der Waals surface area contributed by atoms with Crippen LogP contribution in [0.25, 0.3) is 0 Å². The van der Waals surface area contributed by atoms with Crippen LogP contribution in [0, 0.1) is 12.7 Å². The van der Waals surface area contributed by atoms with Crippen molar-refractivity contribution >= 4 is 11.6 Å². The van der Waals surface area contributed by atoms with Gasteiger partial charge in [-0.1, -0.05) is 0 Å². The van der Waals surface area contributed by atoms with Gasteiger partial charge in [0.15, 0.2) is 0 Å². The van der Waals surface area contributed by atoms with E-state index in [-0.39, 0.29) is 11.6 Å². The van der Waals surface area contributed by atoms with Crippen LogP contribution in [0.3, 0.4) is 0 Å². The summed E-state index contributed by atoms with van der Waals surface area (Å²) in [5.41, 5.74) is 1.13. The van der Waals surface area contributed by atoms with Crippen LogP contribution in [0.5, 0.6) is 0 Å². The van der Waals surface area contributed by atoms with Gasteiger partial charge >= 0.3 is 0 Å². The van der Waals surface area contributed by atoms with Gasteiger partial charge in [-0.25, -0.2) is 9.37 Å². The topological polar surface area (TPSA) is 59.8 Å². The number of hydrogen-bond acceptors (Lipinski definition) is 3. The summed E-state index contributed by atoms with van der Waals surface area (Å²) >= 11 is 0. The molecule has 1 amide bonds. The van der Waals surface area contributed by atoms with Crippen LogP contribution in [0.15, 0.2) is 24.7 Å². The smallest absolute Gasteiger partial charge is 0.274 e. The number of carbonyl (C=O) groups is 1. The van der Waals surface area contributed by atoms with E-state index in [9.17, 15) is 9.18 Å². The van der Waals surface area contributed by atoms with E-state index in [2.05, 4.69) is 15.4 Å². The summed E-state index contributed by atoms with van der Waals surface area (Å²) in [7, 11) is 1.75. The number of pyridine rings is 1. The van der Waals surface area contributed by atoms with Crippen molar-refractivity contribution in [3.05, 3.63) is 41.7 Å². The van der Waals surface area contributed by atoms with E-state index < -0.39 is 5.82 Å². The maximum absolute atomic E-state index is 13.0. The van der Waals surface area contributed by atoms with Crippen molar-refractivity contribution in [2.75, 3.05) is 5.32 Å². The standard InChI is InChI=1S/C11H11FN4O/c1-7-3-10(13-5-9(7)12)11(17)15-8-4-14-16(2)6-8/h3-6H,1-2H3,(H,15,17). The second kappa shape index (κ2) is 4.32. The summed E-state index contributed by atoms with van der Waals surface area (Å²) in [5, 5.41) is 6.54. The fourth-order valence-corrected chi connectivity index (χ4v) is 1.34. The maximum atomic E-state index is 13.0. The predicted octanol–water partition coefficient (Wildman–Crippen LogP) is 1.51. The highest BCUT2D eigenvalue weighted by Gasteiger charge is 2.10. The van der Waals surface area contributed by atoms with E-state index in [4.69, 9.17) is 0 Å². The van der Waals surface area contributed by atoms with Crippen molar-refractivity contribution in [2.45, 2.75) is 6.92 Å². The summed E-state index contributed by atoms with van der Waals surface area (Å²) < 4.78 is 14.6. The molecule has 0 aliphatic carbocycles. The highest BCUT2D eigenvalue weighted by atomic mass is 19.1. The molecule has 2 heterocycles. The predicted molar refractivity (Wildman–Crippen MR) is 60.1 cm³/mol. The van der Waals surface area contributed by atoms with Gasteiger partial charge in [-0.05, 0) is 18.6 Å². The van der Waals surface area contributed by atoms with Gasteiger partial charge in [0.2, 0.25) is 0 Å². The molecule has 0 saturated carbocycles. The Morgan fingerprint density at radius 1 is 1.47 bits per heavy atom. The fourth-order valence-electron chi connectivity index (χ4n) is 1.34. The van der Waals surface area contributed by atoms with Crippen LogP contribution in [-0.2, 0) is 7.05 Å². The Kier molecular flexibility index (Phi) is 2.86. The zero-order valence-corrected chi connectivity index (χ0v) is 9.44. The molecule has 0 aliphatic heterocycles. The van der Waals surface area contributed by atoms with Crippen LogP contribution in [0.1, 0.15) is 16.1 Å². The highest BCUT2D eigenvalue weighted by Crippen LogP contribution is 2.09. The molecule has 0 bridgehead atoms. The molecule has 2 aromatic rings. The third-order valence-corrected chi connectivity index (χ3v) is 2.24. The lowest BCUT2D eigenvalue weighted by Gasteiger charge is -2.02. The second-order valence-electron chi connectivity index (χ2n) is 3.68. The summed E-state index contributed by atoms with van der Waals surface area (Å²) in [6.45, 7) is 1.58. The molecule has 2 rings (SSSR count). The SMILES string of the molecule is Cc1cc(C(=O)Nc2cnn(C)c2)ncc1F. The molecule has 17 heavy (non-hydrogen) atoms. The van der Waals surface area contributed by atoms with Gasteiger partial charge in [-0.3, -0.25) is 9.48 Å². The number of rotatable bonds is 2. The van der Waals surface area contributed by atoms with Gasteiger partial charge in [-0.15, -0.1) is 0 Å². The van der Waals surface area contributed by atoms with E-state index in [0.29, 0.717) is 11.3 Å². The summed E-state index contributed by atoms with van der Waals surface area (Å²) in [4.78, 5) is 15.5. The summed E-state index contributed by atoms with van der Waals surface area (Å²) in [6, 6.07) is 1.40. The van der Waals surface area contributed by atoms with Crippen LogP contribution >= 0.6 is 0 Å². The van der Waals surface area contributed by atoms with E-state index in [0.717, 1.165) is 6.20 Å². The Labute approximate surface area is 97.3 Å². The number of aryl methyl sites for hydroxylation is 2. The van der Waals surface area contributed by atoms with Gasteiger partial charge in [0.1, 0.15) is 11.5 Å². The zero-order valence-electron chi connectivity index (χ0n) is 9.44. The van der Waals surface area contributed by atoms with Crippen LogP contribution in [-0.4, -0.2) is 20.7 Å². The van der Waals surface area contributed by atoms with E-state index in [1.54, 1.807) is 24.9 Å². The normalized spacial score (nSPS) is 10.3. The number of hydrogen-bond donors (Lipinski definition) is 1. The van der Waals surface area contributed by atoms with Crippen molar-refractivity contribution in [3.8, 4) is 0 Å². The Bertz CT molecular complexity index is 564. The first-order valence-corrected chi connectivity index (χ1v) is 4.98. The molecule has 0 atom stereocenters. The fraction of sp³-hybridized carbons (Fsp3) is 0.182. The molecule has 1 N–H and O–H groups in total.